The number of fused-ring (bicyclic) bond motifs is 2. The molecule has 2 aliphatic heterocycles. The maximum Gasteiger partial charge on any atom is 0.410 e. The zero-order valence-electron chi connectivity index (χ0n) is 23.7. The first-order valence-corrected chi connectivity index (χ1v) is 14.1. The summed E-state index contributed by atoms with van der Waals surface area (Å²) in [6.07, 6.45) is 6.13. The third-order valence-corrected chi connectivity index (χ3v) is 8.00. The van der Waals surface area contributed by atoms with Gasteiger partial charge in [0.25, 0.3) is 5.91 Å². The van der Waals surface area contributed by atoms with E-state index in [1.165, 1.54) is 5.56 Å². The van der Waals surface area contributed by atoms with Gasteiger partial charge in [-0.2, -0.15) is 0 Å². The van der Waals surface area contributed by atoms with E-state index in [1.807, 2.05) is 73.3 Å². The minimum Gasteiger partial charge on any atom is -0.444 e. The molecule has 2 aromatic carbocycles. The van der Waals surface area contributed by atoms with Gasteiger partial charge in [0, 0.05) is 48.5 Å². The van der Waals surface area contributed by atoms with Crippen molar-refractivity contribution in [1.29, 1.82) is 0 Å². The summed E-state index contributed by atoms with van der Waals surface area (Å²) in [6.45, 7) is 9.61. The summed E-state index contributed by atoms with van der Waals surface area (Å²) in [5, 5.41) is 1.10. The number of ether oxygens (including phenoxy) is 1. The predicted molar refractivity (Wildman–Crippen MR) is 156 cm³/mol. The van der Waals surface area contributed by atoms with E-state index >= 15 is 0 Å². The van der Waals surface area contributed by atoms with Gasteiger partial charge in [-0.1, -0.05) is 24.3 Å². The molecule has 1 saturated heterocycles. The number of benzene rings is 2. The van der Waals surface area contributed by atoms with Crippen LogP contribution >= 0.6 is 0 Å². The number of aryl methyl sites for hydroxylation is 1. The molecule has 40 heavy (non-hydrogen) atoms. The molecule has 4 aromatic rings. The fourth-order valence-electron chi connectivity index (χ4n) is 6.02. The van der Waals surface area contributed by atoms with Gasteiger partial charge in [0.15, 0.2) is 0 Å². The molecular formula is C33H36N4O3. The van der Waals surface area contributed by atoms with E-state index in [9.17, 15) is 9.59 Å². The van der Waals surface area contributed by atoms with Crippen molar-refractivity contribution in [1.82, 2.24) is 19.8 Å². The van der Waals surface area contributed by atoms with Gasteiger partial charge in [-0.05, 0) is 99.0 Å². The second-order valence-electron chi connectivity index (χ2n) is 12.0. The Morgan fingerprint density at radius 2 is 1.85 bits per heavy atom. The van der Waals surface area contributed by atoms with Crippen LogP contribution in [0.4, 0.5) is 4.79 Å². The number of likely N-dealkylation sites (tertiary alicyclic amines) is 1. The fraction of sp³-hybridized carbons (Fsp3) is 0.364. The lowest BCUT2D eigenvalue weighted by Crippen LogP contribution is -2.39. The van der Waals surface area contributed by atoms with Gasteiger partial charge >= 0.3 is 6.09 Å². The molecule has 2 aliphatic rings. The predicted octanol–water partition coefficient (Wildman–Crippen LogP) is 6.81. The van der Waals surface area contributed by atoms with Crippen LogP contribution in [0.3, 0.4) is 0 Å². The molecule has 0 unspecified atom stereocenters. The van der Waals surface area contributed by atoms with E-state index < -0.39 is 5.60 Å². The quantitative estimate of drug-likeness (QED) is 0.312. The Balaban J connectivity index is 1.43. The SMILES string of the molecule is Cc1c[nH]c2ncc(-c3cc4c(c([C@@H]5CCCN5C(=O)OC(C)(C)C)c3)CN(C(=O)c3ccccc3)CC4)cc12. The molecule has 0 radical (unpaired) electrons. The molecule has 2 aromatic heterocycles. The Bertz CT molecular complexity index is 1580. The molecule has 0 spiro atoms. The van der Waals surface area contributed by atoms with Gasteiger partial charge in [0.1, 0.15) is 11.2 Å². The number of aromatic nitrogens is 2. The number of H-pyrrole nitrogens is 1. The molecule has 7 heteroatoms. The van der Waals surface area contributed by atoms with Crippen molar-refractivity contribution in [3.8, 4) is 11.1 Å². The summed E-state index contributed by atoms with van der Waals surface area (Å²) in [4.78, 5) is 38.4. The summed E-state index contributed by atoms with van der Waals surface area (Å²) in [5.41, 5.74) is 7.77. The van der Waals surface area contributed by atoms with E-state index in [0.29, 0.717) is 25.2 Å². The number of amides is 2. The lowest BCUT2D eigenvalue weighted by atomic mass is 9.86. The van der Waals surface area contributed by atoms with Gasteiger partial charge in [0.05, 0.1) is 6.04 Å². The van der Waals surface area contributed by atoms with Crippen molar-refractivity contribution in [3.63, 3.8) is 0 Å². The Labute approximate surface area is 235 Å². The molecule has 0 aliphatic carbocycles. The Hall–Kier alpha value is -4.13. The Morgan fingerprint density at radius 1 is 1.05 bits per heavy atom. The highest BCUT2D eigenvalue weighted by Gasteiger charge is 2.36. The van der Waals surface area contributed by atoms with Gasteiger partial charge < -0.3 is 19.5 Å². The van der Waals surface area contributed by atoms with Crippen molar-refractivity contribution in [2.45, 2.75) is 65.1 Å². The van der Waals surface area contributed by atoms with E-state index in [0.717, 1.165) is 58.1 Å². The Morgan fingerprint density at radius 3 is 2.62 bits per heavy atom. The number of rotatable bonds is 3. The highest BCUT2D eigenvalue weighted by atomic mass is 16.6. The zero-order valence-corrected chi connectivity index (χ0v) is 23.7. The minimum atomic E-state index is -0.570. The maximum atomic E-state index is 13.4. The maximum absolute atomic E-state index is 13.4. The average molecular weight is 537 g/mol. The topological polar surface area (TPSA) is 78.5 Å². The average Bonchev–Trinajstić information content (AvgIpc) is 3.58. The van der Waals surface area contributed by atoms with Crippen LogP contribution in [0.25, 0.3) is 22.2 Å². The van der Waals surface area contributed by atoms with Crippen molar-refractivity contribution < 1.29 is 14.3 Å². The molecule has 206 valence electrons. The molecule has 6 rings (SSSR count). The largest absolute Gasteiger partial charge is 0.444 e. The molecule has 4 heterocycles. The molecule has 1 atom stereocenters. The van der Waals surface area contributed by atoms with Gasteiger partial charge in [-0.15, -0.1) is 0 Å². The summed E-state index contributed by atoms with van der Waals surface area (Å²) in [7, 11) is 0. The zero-order chi connectivity index (χ0) is 28.0. The first-order valence-electron chi connectivity index (χ1n) is 14.1. The monoisotopic (exact) mass is 536 g/mol. The first kappa shape index (κ1) is 26.1. The third-order valence-electron chi connectivity index (χ3n) is 8.00. The van der Waals surface area contributed by atoms with Gasteiger partial charge in [-0.3, -0.25) is 4.79 Å². The molecule has 1 fully saturated rings. The molecule has 7 nitrogen and oxygen atoms in total. The van der Waals surface area contributed by atoms with Crippen LogP contribution in [-0.4, -0.2) is 50.5 Å². The molecular weight excluding hydrogens is 500 g/mol. The highest BCUT2D eigenvalue weighted by Crippen LogP contribution is 2.40. The number of carbonyl (C=O) groups excluding carboxylic acids is 2. The van der Waals surface area contributed by atoms with Crippen LogP contribution < -0.4 is 0 Å². The number of carbonyl (C=O) groups is 2. The lowest BCUT2D eigenvalue weighted by molar-refractivity contribution is 0.0222. The van der Waals surface area contributed by atoms with Crippen molar-refractivity contribution >= 4 is 23.0 Å². The smallest absolute Gasteiger partial charge is 0.410 e. The first-order chi connectivity index (χ1) is 19.2. The second-order valence-corrected chi connectivity index (χ2v) is 12.0. The fourth-order valence-corrected chi connectivity index (χ4v) is 6.02. The van der Waals surface area contributed by atoms with Crippen molar-refractivity contribution in [3.05, 3.63) is 88.7 Å². The Kier molecular flexibility index (Phi) is 6.61. The minimum absolute atomic E-state index is 0.0364. The normalized spacial score (nSPS) is 17.2. The van der Waals surface area contributed by atoms with E-state index in [-0.39, 0.29) is 18.0 Å². The van der Waals surface area contributed by atoms with E-state index in [2.05, 4.69) is 35.1 Å². The number of pyridine rings is 1. The van der Waals surface area contributed by atoms with E-state index in [4.69, 9.17) is 4.74 Å². The highest BCUT2D eigenvalue weighted by molar-refractivity contribution is 5.94. The second kappa shape index (κ2) is 10.1. The molecule has 0 bridgehead atoms. The standard InChI is InChI=1S/C33H36N4O3/c1-21-18-34-30-26(21)17-25(19-35-30)24-15-23-12-14-36(31(38)22-9-6-5-7-10-22)20-28(23)27(16-24)29-11-8-13-37(29)32(39)40-33(2,3)4/h5-7,9-10,15-19,29H,8,11-14,20H2,1-4H3,(H,34,35)/t29-/m0/s1. The number of nitrogens with zero attached hydrogens (tertiary/aromatic N) is 3. The molecule has 2 amide bonds. The van der Waals surface area contributed by atoms with Gasteiger partial charge in [-0.25, -0.2) is 9.78 Å². The van der Waals surface area contributed by atoms with E-state index in [1.54, 1.807) is 0 Å². The number of hydrogen-bond acceptors (Lipinski definition) is 4. The van der Waals surface area contributed by atoms with Crippen LogP contribution in [0.5, 0.6) is 0 Å². The van der Waals surface area contributed by atoms with Crippen LogP contribution in [0.1, 0.15) is 72.3 Å². The lowest BCUT2D eigenvalue weighted by Gasteiger charge is -2.35. The third kappa shape index (κ3) is 4.96. The number of aromatic amines is 1. The summed E-state index contributed by atoms with van der Waals surface area (Å²) in [6, 6.07) is 16.0. The summed E-state index contributed by atoms with van der Waals surface area (Å²) in [5.74, 6) is 0.0364. The van der Waals surface area contributed by atoms with Crippen molar-refractivity contribution in [2.75, 3.05) is 13.1 Å². The van der Waals surface area contributed by atoms with Crippen LogP contribution in [0, 0.1) is 6.92 Å². The van der Waals surface area contributed by atoms with Crippen molar-refractivity contribution in [2.24, 2.45) is 0 Å². The van der Waals surface area contributed by atoms with Crippen LogP contribution in [-0.2, 0) is 17.7 Å². The van der Waals surface area contributed by atoms with Gasteiger partial charge in [0.2, 0.25) is 0 Å². The molecule has 1 N–H and O–H groups in total. The number of hydrogen-bond donors (Lipinski definition) is 1. The summed E-state index contributed by atoms with van der Waals surface area (Å²) >= 11 is 0. The number of nitrogens with one attached hydrogen (secondary N) is 1. The molecule has 0 saturated carbocycles. The summed E-state index contributed by atoms with van der Waals surface area (Å²) < 4.78 is 5.81. The van der Waals surface area contributed by atoms with Crippen LogP contribution in [0.2, 0.25) is 0 Å². The van der Waals surface area contributed by atoms with Crippen LogP contribution in [0.15, 0.2) is 60.9 Å².